The first kappa shape index (κ1) is 20.3. The Morgan fingerprint density at radius 3 is 2.68 bits per heavy atom. The van der Waals surface area contributed by atoms with E-state index in [2.05, 4.69) is 61.7 Å². The predicted octanol–water partition coefficient (Wildman–Crippen LogP) is 3.64. The Bertz CT molecular complexity index is 977. The fourth-order valence-corrected chi connectivity index (χ4v) is 3.54. The maximum absolute atomic E-state index is 4.57. The summed E-state index contributed by atoms with van der Waals surface area (Å²) < 4.78 is 1.87. The van der Waals surface area contributed by atoms with Gasteiger partial charge in [0.1, 0.15) is 0 Å². The predicted molar refractivity (Wildman–Crippen MR) is 124 cm³/mol. The lowest BCUT2D eigenvalue weighted by Gasteiger charge is -2.22. The van der Waals surface area contributed by atoms with E-state index in [1.807, 2.05) is 37.8 Å². The lowest BCUT2D eigenvalue weighted by Crippen LogP contribution is -2.40. The number of hydrogen-bond donors (Lipinski definition) is 1. The summed E-state index contributed by atoms with van der Waals surface area (Å²) >= 11 is 0. The number of halogens is 1. The molecule has 0 amide bonds. The van der Waals surface area contributed by atoms with Gasteiger partial charge in [0.25, 0.3) is 0 Å². The van der Waals surface area contributed by atoms with Gasteiger partial charge in [0.2, 0.25) is 0 Å². The molecule has 7 heteroatoms. The van der Waals surface area contributed by atoms with E-state index in [-0.39, 0.29) is 24.0 Å². The first-order valence-corrected chi connectivity index (χ1v) is 9.20. The van der Waals surface area contributed by atoms with E-state index in [4.69, 9.17) is 0 Å². The van der Waals surface area contributed by atoms with Crippen LogP contribution in [0.15, 0.2) is 53.7 Å². The van der Waals surface area contributed by atoms with E-state index in [0.717, 1.165) is 41.7 Å². The van der Waals surface area contributed by atoms with Crippen molar-refractivity contribution in [3.63, 3.8) is 0 Å². The Morgan fingerprint density at radius 1 is 1.18 bits per heavy atom. The number of nitrogens with one attached hydrogen (secondary N) is 1. The molecule has 146 valence electrons. The van der Waals surface area contributed by atoms with Crippen LogP contribution in [0.5, 0.6) is 0 Å². The number of para-hydroxylation sites is 1. The molecule has 0 bridgehead atoms. The van der Waals surface area contributed by atoms with E-state index in [9.17, 15) is 0 Å². The summed E-state index contributed by atoms with van der Waals surface area (Å²) in [6.45, 7) is 5.66. The third kappa shape index (κ3) is 4.04. The van der Waals surface area contributed by atoms with Gasteiger partial charge >= 0.3 is 0 Å². The Labute approximate surface area is 182 Å². The summed E-state index contributed by atoms with van der Waals surface area (Å²) in [5.74, 6) is 1.73. The molecule has 0 spiro atoms. The zero-order valence-corrected chi connectivity index (χ0v) is 18.7. The van der Waals surface area contributed by atoms with Crippen molar-refractivity contribution in [1.29, 1.82) is 0 Å². The monoisotopic (exact) mass is 488 g/mol. The minimum Gasteiger partial charge on any atom is -0.352 e. The lowest BCUT2D eigenvalue weighted by atomic mass is 10.2. The number of hydrogen-bond acceptors (Lipinski definition) is 3. The van der Waals surface area contributed by atoms with Crippen molar-refractivity contribution < 1.29 is 0 Å². The largest absolute Gasteiger partial charge is 0.352 e. The van der Waals surface area contributed by atoms with Gasteiger partial charge in [0.05, 0.1) is 5.69 Å². The highest BCUT2D eigenvalue weighted by Crippen LogP contribution is 2.27. The quantitative estimate of drug-likeness (QED) is 0.348. The number of aryl methyl sites for hydroxylation is 2. The van der Waals surface area contributed by atoms with Crippen molar-refractivity contribution in [3.8, 4) is 5.82 Å². The second-order valence-electron chi connectivity index (χ2n) is 6.79. The normalized spacial score (nSPS) is 13.2. The van der Waals surface area contributed by atoms with Crippen molar-refractivity contribution in [2.75, 3.05) is 18.5 Å². The number of anilines is 1. The molecule has 1 aliphatic heterocycles. The van der Waals surface area contributed by atoms with Crippen molar-refractivity contribution in [2.24, 2.45) is 4.99 Å². The Hall–Kier alpha value is -2.42. The van der Waals surface area contributed by atoms with Crippen LogP contribution in [0, 0.1) is 13.8 Å². The maximum atomic E-state index is 4.57. The van der Waals surface area contributed by atoms with Crippen LogP contribution in [0.2, 0.25) is 0 Å². The highest BCUT2D eigenvalue weighted by atomic mass is 127. The minimum absolute atomic E-state index is 0. The number of pyridine rings is 1. The molecule has 0 unspecified atom stereocenters. The topological polar surface area (TPSA) is 58.3 Å². The Balaban J connectivity index is 0.00000225. The van der Waals surface area contributed by atoms with Crippen LogP contribution in [0.25, 0.3) is 5.82 Å². The van der Waals surface area contributed by atoms with Crippen molar-refractivity contribution in [2.45, 2.75) is 26.8 Å². The lowest BCUT2D eigenvalue weighted by molar-refractivity contribution is 0.799. The summed E-state index contributed by atoms with van der Waals surface area (Å²) in [6, 6.07) is 14.6. The average Bonchev–Trinajstić information content (AvgIpc) is 3.26. The van der Waals surface area contributed by atoms with Gasteiger partial charge in [-0.25, -0.2) is 9.67 Å². The number of aromatic nitrogens is 3. The van der Waals surface area contributed by atoms with Crippen LogP contribution in [-0.4, -0.2) is 34.3 Å². The summed E-state index contributed by atoms with van der Waals surface area (Å²) in [7, 11) is 1.83. The van der Waals surface area contributed by atoms with E-state index < -0.39 is 0 Å². The first-order chi connectivity index (χ1) is 13.2. The minimum atomic E-state index is 0. The fraction of sp³-hybridized carbons (Fsp3) is 0.286. The molecule has 0 aliphatic carbocycles. The molecule has 2 aromatic heterocycles. The fourth-order valence-electron chi connectivity index (χ4n) is 3.54. The van der Waals surface area contributed by atoms with Gasteiger partial charge < -0.3 is 10.2 Å². The average molecular weight is 488 g/mol. The zero-order valence-electron chi connectivity index (χ0n) is 16.4. The van der Waals surface area contributed by atoms with E-state index in [1.54, 1.807) is 0 Å². The van der Waals surface area contributed by atoms with Crippen LogP contribution in [-0.2, 0) is 13.0 Å². The van der Waals surface area contributed by atoms with Gasteiger partial charge in [-0.05, 0) is 49.6 Å². The van der Waals surface area contributed by atoms with E-state index in [1.165, 1.54) is 11.3 Å². The molecule has 6 nitrogen and oxygen atoms in total. The molecule has 3 aromatic rings. The summed E-state index contributed by atoms with van der Waals surface area (Å²) in [6.07, 6.45) is 2.94. The summed E-state index contributed by atoms with van der Waals surface area (Å²) in [5, 5.41) is 7.94. The Kier molecular flexibility index (Phi) is 6.33. The second-order valence-corrected chi connectivity index (χ2v) is 6.79. The molecule has 28 heavy (non-hydrogen) atoms. The van der Waals surface area contributed by atoms with Gasteiger partial charge in [-0.1, -0.05) is 24.3 Å². The van der Waals surface area contributed by atoms with Crippen molar-refractivity contribution >= 4 is 35.6 Å². The number of aliphatic imine (C=N–C) groups is 1. The standard InChI is InChI=1S/C21H24N6.HI/c1-15-12-16(2)27(25-15)20-9-8-17(13-23-20)14-24-21(22-3)26-11-10-18-6-4-5-7-19(18)26;/h4-9,12-13H,10-11,14H2,1-3H3,(H,22,24);1H. The number of rotatable bonds is 3. The van der Waals surface area contributed by atoms with Crippen LogP contribution in [0.1, 0.15) is 22.5 Å². The molecule has 1 N–H and O–H groups in total. The molecule has 1 aromatic carbocycles. The Morgan fingerprint density at radius 2 is 2.00 bits per heavy atom. The number of benzene rings is 1. The van der Waals surface area contributed by atoms with Crippen LogP contribution in [0.4, 0.5) is 5.69 Å². The molecule has 0 saturated heterocycles. The van der Waals surface area contributed by atoms with Crippen molar-refractivity contribution in [1.82, 2.24) is 20.1 Å². The molecule has 1 aliphatic rings. The van der Waals surface area contributed by atoms with Gasteiger partial charge in [0, 0.05) is 37.7 Å². The molecule has 0 fully saturated rings. The highest BCUT2D eigenvalue weighted by Gasteiger charge is 2.22. The van der Waals surface area contributed by atoms with Crippen LogP contribution in [0.3, 0.4) is 0 Å². The highest BCUT2D eigenvalue weighted by molar-refractivity contribution is 14.0. The first-order valence-electron chi connectivity index (χ1n) is 9.20. The zero-order chi connectivity index (χ0) is 18.8. The molecule has 3 heterocycles. The van der Waals surface area contributed by atoms with E-state index in [0.29, 0.717) is 6.54 Å². The molecule has 0 saturated carbocycles. The second kappa shape index (κ2) is 8.72. The van der Waals surface area contributed by atoms with Crippen LogP contribution >= 0.6 is 24.0 Å². The number of guanidine groups is 1. The van der Waals surface area contributed by atoms with Crippen molar-refractivity contribution in [3.05, 3.63) is 71.2 Å². The van der Waals surface area contributed by atoms with Gasteiger partial charge in [-0.3, -0.25) is 4.99 Å². The summed E-state index contributed by atoms with van der Waals surface area (Å²) in [4.78, 5) is 11.3. The van der Waals surface area contributed by atoms with E-state index >= 15 is 0 Å². The summed E-state index contributed by atoms with van der Waals surface area (Å²) in [5.41, 5.74) is 5.79. The molecular weight excluding hydrogens is 463 g/mol. The number of fused-ring (bicyclic) bond motifs is 1. The van der Waals surface area contributed by atoms with Gasteiger partial charge in [-0.15, -0.1) is 24.0 Å². The SMILES string of the molecule is CN=C(NCc1ccc(-n2nc(C)cc2C)nc1)N1CCc2ccccc21.I. The molecule has 0 atom stereocenters. The maximum Gasteiger partial charge on any atom is 0.198 e. The third-order valence-electron chi connectivity index (χ3n) is 4.84. The number of nitrogens with zero attached hydrogens (tertiary/aromatic N) is 5. The van der Waals surface area contributed by atoms with Gasteiger partial charge in [-0.2, -0.15) is 5.10 Å². The molecule has 4 rings (SSSR count). The van der Waals surface area contributed by atoms with Gasteiger partial charge in [0.15, 0.2) is 11.8 Å². The molecule has 0 radical (unpaired) electrons. The smallest absolute Gasteiger partial charge is 0.198 e. The molecular formula is C21H25IN6. The van der Waals surface area contributed by atoms with Crippen LogP contribution < -0.4 is 10.2 Å². The third-order valence-corrected chi connectivity index (χ3v) is 4.84.